The average Bonchev–Trinajstić information content (AvgIpc) is 2.82. The minimum Gasteiger partial charge on any atom is -0.301 e. The van der Waals surface area contributed by atoms with Crippen LogP contribution in [0.1, 0.15) is 48.6 Å². The molecule has 2 nitrogen and oxygen atoms in total. The van der Waals surface area contributed by atoms with Crippen molar-refractivity contribution in [3.63, 3.8) is 0 Å². The number of aryl methyl sites for hydroxylation is 1. The molecule has 0 bridgehead atoms. The highest BCUT2D eigenvalue weighted by Crippen LogP contribution is 2.25. The molecule has 1 aromatic carbocycles. The summed E-state index contributed by atoms with van der Waals surface area (Å²) in [5, 5.41) is 7.64. The number of hydrogen-bond donors (Lipinski definition) is 1. The molecule has 0 spiro atoms. The largest absolute Gasteiger partial charge is 0.301 e. The van der Waals surface area contributed by atoms with Gasteiger partial charge >= 0.3 is 0 Å². The van der Waals surface area contributed by atoms with Crippen LogP contribution in [0.25, 0.3) is 0 Å². The van der Waals surface area contributed by atoms with E-state index in [9.17, 15) is 0 Å². The molecule has 4 heteroatoms. The SMILES string of the molecule is CCC(NC(C)c1nc(C)cs1)c1cccc(Cl)c1. The molecule has 2 aromatic rings. The monoisotopic (exact) mass is 294 g/mol. The first kappa shape index (κ1) is 14.5. The fraction of sp³-hybridized carbons (Fsp3) is 0.400. The van der Waals surface area contributed by atoms with Crippen molar-refractivity contribution in [3.05, 3.63) is 50.9 Å². The molecule has 0 saturated carbocycles. The number of rotatable bonds is 5. The van der Waals surface area contributed by atoms with Crippen LogP contribution in [0.5, 0.6) is 0 Å². The van der Waals surface area contributed by atoms with Crippen LogP contribution < -0.4 is 5.32 Å². The molecule has 2 atom stereocenters. The molecule has 0 aliphatic heterocycles. The molecule has 0 amide bonds. The van der Waals surface area contributed by atoms with E-state index < -0.39 is 0 Å². The van der Waals surface area contributed by atoms with Crippen LogP contribution in [-0.4, -0.2) is 4.98 Å². The van der Waals surface area contributed by atoms with Crippen molar-refractivity contribution in [2.75, 3.05) is 0 Å². The summed E-state index contributed by atoms with van der Waals surface area (Å²) < 4.78 is 0. The summed E-state index contributed by atoms with van der Waals surface area (Å²) in [6.07, 6.45) is 1.02. The van der Waals surface area contributed by atoms with Crippen molar-refractivity contribution in [1.29, 1.82) is 0 Å². The van der Waals surface area contributed by atoms with Crippen molar-refractivity contribution >= 4 is 22.9 Å². The van der Waals surface area contributed by atoms with Crippen LogP contribution in [0.4, 0.5) is 0 Å². The Balaban J connectivity index is 2.11. The normalized spacial score (nSPS) is 14.3. The van der Waals surface area contributed by atoms with E-state index in [-0.39, 0.29) is 6.04 Å². The quantitative estimate of drug-likeness (QED) is 0.848. The second-order valence-corrected chi connectivity index (χ2v) is 6.06. The maximum Gasteiger partial charge on any atom is 0.110 e. The Morgan fingerprint density at radius 3 is 2.79 bits per heavy atom. The minimum absolute atomic E-state index is 0.252. The third-order valence-electron chi connectivity index (χ3n) is 3.12. The van der Waals surface area contributed by atoms with Crippen molar-refractivity contribution in [2.45, 2.75) is 39.3 Å². The third-order valence-corrected chi connectivity index (χ3v) is 4.50. The molecule has 0 saturated heterocycles. The first-order chi connectivity index (χ1) is 9.10. The van der Waals surface area contributed by atoms with Gasteiger partial charge in [0.05, 0.1) is 6.04 Å². The van der Waals surface area contributed by atoms with Crippen molar-refractivity contribution < 1.29 is 0 Å². The van der Waals surface area contributed by atoms with E-state index in [4.69, 9.17) is 11.6 Å². The molecule has 19 heavy (non-hydrogen) atoms. The van der Waals surface area contributed by atoms with Gasteiger partial charge in [-0.05, 0) is 38.0 Å². The van der Waals surface area contributed by atoms with Gasteiger partial charge in [-0.3, -0.25) is 0 Å². The van der Waals surface area contributed by atoms with E-state index in [0.29, 0.717) is 6.04 Å². The second kappa shape index (κ2) is 6.51. The van der Waals surface area contributed by atoms with Gasteiger partial charge in [-0.25, -0.2) is 4.98 Å². The predicted octanol–water partition coefficient (Wildman–Crippen LogP) is 4.91. The molecule has 1 aromatic heterocycles. The van der Waals surface area contributed by atoms with Gasteiger partial charge in [0.15, 0.2) is 0 Å². The molecular formula is C15H19ClN2S. The van der Waals surface area contributed by atoms with Crippen LogP contribution in [0.15, 0.2) is 29.6 Å². The Kier molecular flexibility index (Phi) is 4.97. The van der Waals surface area contributed by atoms with Gasteiger partial charge in [0.25, 0.3) is 0 Å². The highest BCUT2D eigenvalue weighted by Gasteiger charge is 2.16. The molecule has 0 aliphatic rings. The summed E-state index contributed by atoms with van der Waals surface area (Å²) in [5.41, 5.74) is 2.32. The maximum absolute atomic E-state index is 6.06. The van der Waals surface area contributed by atoms with E-state index in [2.05, 4.69) is 35.6 Å². The second-order valence-electron chi connectivity index (χ2n) is 4.73. The van der Waals surface area contributed by atoms with E-state index >= 15 is 0 Å². The van der Waals surface area contributed by atoms with Gasteiger partial charge in [0, 0.05) is 22.1 Å². The lowest BCUT2D eigenvalue weighted by Crippen LogP contribution is -2.24. The molecular weight excluding hydrogens is 276 g/mol. The standard InChI is InChI=1S/C15H19ClN2S/c1-4-14(12-6-5-7-13(16)8-12)18-11(3)15-17-10(2)9-19-15/h5-9,11,14,18H,4H2,1-3H3. The van der Waals surface area contributed by atoms with Gasteiger partial charge in [-0.2, -0.15) is 0 Å². The zero-order valence-corrected chi connectivity index (χ0v) is 13.1. The molecule has 0 radical (unpaired) electrons. The molecule has 0 fully saturated rings. The lowest BCUT2D eigenvalue weighted by atomic mass is 10.0. The lowest BCUT2D eigenvalue weighted by Gasteiger charge is -2.21. The summed E-state index contributed by atoms with van der Waals surface area (Å²) in [7, 11) is 0. The smallest absolute Gasteiger partial charge is 0.110 e. The first-order valence-electron chi connectivity index (χ1n) is 6.53. The van der Waals surface area contributed by atoms with Crippen LogP contribution in [-0.2, 0) is 0 Å². The van der Waals surface area contributed by atoms with E-state index in [1.807, 2.05) is 25.1 Å². The number of nitrogens with one attached hydrogen (secondary N) is 1. The number of aromatic nitrogens is 1. The van der Waals surface area contributed by atoms with E-state index in [0.717, 1.165) is 22.1 Å². The molecule has 1 N–H and O–H groups in total. The van der Waals surface area contributed by atoms with Gasteiger partial charge in [0.1, 0.15) is 5.01 Å². The van der Waals surface area contributed by atoms with Gasteiger partial charge < -0.3 is 5.32 Å². The Bertz CT molecular complexity index is 538. The first-order valence-corrected chi connectivity index (χ1v) is 7.79. The van der Waals surface area contributed by atoms with E-state index in [1.165, 1.54) is 5.56 Å². The average molecular weight is 295 g/mol. The Hall–Kier alpha value is -0.900. The number of benzene rings is 1. The number of halogens is 1. The highest BCUT2D eigenvalue weighted by molar-refractivity contribution is 7.09. The van der Waals surface area contributed by atoms with E-state index in [1.54, 1.807) is 11.3 Å². The predicted molar refractivity (Wildman–Crippen MR) is 82.9 cm³/mol. The summed E-state index contributed by atoms with van der Waals surface area (Å²) in [5.74, 6) is 0. The topological polar surface area (TPSA) is 24.9 Å². The summed E-state index contributed by atoms with van der Waals surface area (Å²) in [6, 6.07) is 8.61. The highest BCUT2D eigenvalue weighted by atomic mass is 35.5. The Morgan fingerprint density at radius 2 is 2.21 bits per heavy atom. The fourth-order valence-corrected chi connectivity index (χ4v) is 3.13. The minimum atomic E-state index is 0.252. The number of thiazole rings is 1. The lowest BCUT2D eigenvalue weighted by molar-refractivity contribution is 0.455. The fourth-order valence-electron chi connectivity index (χ4n) is 2.12. The summed E-state index contributed by atoms with van der Waals surface area (Å²) in [4.78, 5) is 4.54. The molecule has 2 unspecified atom stereocenters. The van der Waals surface area contributed by atoms with Crippen molar-refractivity contribution in [1.82, 2.24) is 10.3 Å². The molecule has 1 heterocycles. The van der Waals surface area contributed by atoms with Crippen LogP contribution >= 0.6 is 22.9 Å². The number of hydrogen-bond acceptors (Lipinski definition) is 3. The summed E-state index contributed by atoms with van der Waals surface area (Å²) >= 11 is 7.77. The molecule has 2 rings (SSSR count). The number of nitrogens with zero attached hydrogens (tertiary/aromatic N) is 1. The van der Waals surface area contributed by atoms with Crippen LogP contribution in [0.3, 0.4) is 0 Å². The Morgan fingerprint density at radius 1 is 1.42 bits per heavy atom. The third kappa shape index (κ3) is 3.78. The van der Waals surface area contributed by atoms with Crippen molar-refractivity contribution in [2.24, 2.45) is 0 Å². The van der Waals surface area contributed by atoms with Crippen LogP contribution in [0.2, 0.25) is 5.02 Å². The summed E-state index contributed by atoms with van der Waals surface area (Å²) in [6.45, 7) is 6.37. The zero-order valence-electron chi connectivity index (χ0n) is 11.5. The van der Waals surface area contributed by atoms with Gasteiger partial charge in [0.2, 0.25) is 0 Å². The van der Waals surface area contributed by atoms with Gasteiger partial charge in [-0.15, -0.1) is 11.3 Å². The molecule has 102 valence electrons. The van der Waals surface area contributed by atoms with Crippen LogP contribution in [0, 0.1) is 6.92 Å². The molecule has 0 aliphatic carbocycles. The Labute approximate surface area is 123 Å². The zero-order chi connectivity index (χ0) is 13.8. The van der Waals surface area contributed by atoms with Crippen molar-refractivity contribution in [3.8, 4) is 0 Å². The van der Waals surface area contributed by atoms with Gasteiger partial charge in [-0.1, -0.05) is 30.7 Å². The maximum atomic E-state index is 6.06.